The molecule has 0 amide bonds. The smallest absolute Gasteiger partial charge is 0.191 e. The van der Waals surface area contributed by atoms with Gasteiger partial charge in [-0.2, -0.15) is 0 Å². The Hall–Kier alpha value is -1.94. The molecule has 1 atom stereocenters. The van der Waals surface area contributed by atoms with Gasteiger partial charge < -0.3 is 15.5 Å². The van der Waals surface area contributed by atoms with Gasteiger partial charge in [-0.3, -0.25) is 4.90 Å². The number of nitrogens with zero attached hydrogens (tertiary/aromatic N) is 4. The van der Waals surface area contributed by atoms with Gasteiger partial charge in [-0.15, -0.1) is 24.0 Å². The maximum absolute atomic E-state index is 14.1. The maximum Gasteiger partial charge on any atom is 0.191 e. The van der Waals surface area contributed by atoms with Crippen molar-refractivity contribution in [3.63, 3.8) is 0 Å². The van der Waals surface area contributed by atoms with E-state index in [-0.39, 0.29) is 35.8 Å². The van der Waals surface area contributed by atoms with Crippen molar-refractivity contribution in [2.45, 2.75) is 52.4 Å². The molecule has 176 valence electrons. The molecule has 2 aromatic rings. The number of aromatic nitrogens is 1. The van der Waals surface area contributed by atoms with E-state index in [0.29, 0.717) is 24.9 Å². The van der Waals surface area contributed by atoms with E-state index in [0.717, 1.165) is 32.0 Å². The molecular formula is C24H36FIN6. The number of guanidine groups is 1. The summed E-state index contributed by atoms with van der Waals surface area (Å²) in [6.45, 7) is 10.2. The average molecular weight is 554 g/mol. The number of rotatable bonds is 8. The van der Waals surface area contributed by atoms with Gasteiger partial charge >= 0.3 is 0 Å². The Labute approximate surface area is 208 Å². The summed E-state index contributed by atoms with van der Waals surface area (Å²) in [6, 6.07) is 12.3. The maximum atomic E-state index is 14.1. The van der Waals surface area contributed by atoms with Gasteiger partial charge in [0.2, 0.25) is 0 Å². The molecule has 0 spiro atoms. The van der Waals surface area contributed by atoms with Gasteiger partial charge in [-0.05, 0) is 57.5 Å². The lowest BCUT2D eigenvalue weighted by atomic mass is 10.1. The van der Waals surface area contributed by atoms with Gasteiger partial charge in [0, 0.05) is 44.5 Å². The monoisotopic (exact) mass is 554 g/mol. The molecule has 1 unspecified atom stereocenters. The summed E-state index contributed by atoms with van der Waals surface area (Å²) in [7, 11) is 2.15. The quantitative estimate of drug-likeness (QED) is 0.294. The van der Waals surface area contributed by atoms with E-state index < -0.39 is 0 Å². The number of benzene rings is 1. The normalized spacial score (nSPS) is 16.4. The fraction of sp³-hybridized carbons (Fsp3) is 0.500. The van der Waals surface area contributed by atoms with Crippen LogP contribution in [0.5, 0.6) is 0 Å². The first kappa shape index (κ1) is 26.3. The molecule has 1 aromatic heterocycles. The summed E-state index contributed by atoms with van der Waals surface area (Å²) in [5.41, 5.74) is 2.53. The Morgan fingerprint density at radius 2 is 2.00 bits per heavy atom. The molecule has 0 radical (unpaired) electrons. The molecule has 3 rings (SSSR count). The Bertz CT molecular complexity index is 875. The second kappa shape index (κ2) is 12.9. The molecule has 32 heavy (non-hydrogen) atoms. The second-order valence-electron chi connectivity index (χ2n) is 8.36. The first-order chi connectivity index (χ1) is 15.0. The molecule has 2 heterocycles. The largest absolute Gasteiger partial charge is 0.357 e. The first-order valence-corrected chi connectivity index (χ1v) is 11.1. The van der Waals surface area contributed by atoms with E-state index >= 15 is 0 Å². The minimum absolute atomic E-state index is 0. The average Bonchev–Trinajstić information content (AvgIpc) is 3.21. The lowest BCUT2D eigenvalue weighted by Gasteiger charge is -2.22. The zero-order valence-electron chi connectivity index (χ0n) is 19.5. The second-order valence-corrected chi connectivity index (χ2v) is 8.36. The molecule has 2 N–H and O–H groups in total. The topological polar surface area (TPSA) is 55.8 Å². The Balaban J connectivity index is 0.00000363. The van der Waals surface area contributed by atoms with Crippen LogP contribution in [-0.4, -0.2) is 54.6 Å². The van der Waals surface area contributed by atoms with Crippen LogP contribution in [0.15, 0.2) is 47.6 Å². The van der Waals surface area contributed by atoms with Crippen LogP contribution in [0.25, 0.3) is 0 Å². The molecule has 1 saturated heterocycles. The van der Waals surface area contributed by atoms with Crippen molar-refractivity contribution in [1.29, 1.82) is 0 Å². The summed E-state index contributed by atoms with van der Waals surface area (Å²) in [4.78, 5) is 13.4. The van der Waals surface area contributed by atoms with Gasteiger partial charge in [0.05, 0.1) is 6.54 Å². The van der Waals surface area contributed by atoms with E-state index in [1.807, 2.05) is 4.90 Å². The number of hydrogen-bond donors (Lipinski definition) is 2. The summed E-state index contributed by atoms with van der Waals surface area (Å²) >= 11 is 0. The number of hydrogen-bond acceptors (Lipinski definition) is 4. The molecular weight excluding hydrogens is 518 g/mol. The molecule has 8 heteroatoms. The van der Waals surface area contributed by atoms with Crippen molar-refractivity contribution >= 4 is 35.8 Å². The van der Waals surface area contributed by atoms with Gasteiger partial charge in [0.25, 0.3) is 0 Å². The van der Waals surface area contributed by atoms with Crippen molar-refractivity contribution in [1.82, 2.24) is 20.5 Å². The predicted molar refractivity (Wildman–Crippen MR) is 141 cm³/mol. The van der Waals surface area contributed by atoms with E-state index in [1.165, 1.54) is 17.2 Å². The molecule has 0 aliphatic carbocycles. The van der Waals surface area contributed by atoms with Crippen molar-refractivity contribution in [3.05, 3.63) is 59.5 Å². The van der Waals surface area contributed by atoms with Crippen LogP contribution in [0.1, 0.15) is 38.3 Å². The Morgan fingerprint density at radius 1 is 1.25 bits per heavy atom. The molecule has 0 bridgehead atoms. The standard InChI is InChI=1S/C24H35FN6.HI/c1-5-26-24(28-15-19-9-6-7-10-20(19)16-30(4)18(2)3)29-21-12-14-31(17-21)23-22(25)11-8-13-27-23;/h6-11,13,18,21H,5,12,14-17H2,1-4H3,(H2,26,28,29);1H. The van der Waals surface area contributed by atoms with Gasteiger partial charge in [-0.25, -0.2) is 14.4 Å². The van der Waals surface area contributed by atoms with E-state index in [2.05, 4.69) is 72.6 Å². The molecule has 1 fully saturated rings. The molecule has 0 saturated carbocycles. The zero-order chi connectivity index (χ0) is 22.2. The fourth-order valence-electron chi connectivity index (χ4n) is 3.68. The van der Waals surface area contributed by atoms with Crippen LogP contribution < -0.4 is 15.5 Å². The minimum atomic E-state index is -0.272. The number of aliphatic imine (C=N–C) groups is 1. The van der Waals surface area contributed by atoms with Crippen molar-refractivity contribution < 1.29 is 4.39 Å². The third-order valence-electron chi connectivity index (χ3n) is 5.74. The third kappa shape index (κ3) is 7.30. The fourth-order valence-corrected chi connectivity index (χ4v) is 3.68. The highest BCUT2D eigenvalue weighted by molar-refractivity contribution is 14.0. The van der Waals surface area contributed by atoms with Crippen molar-refractivity contribution in [2.24, 2.45) is 4.99 Å². The van der Waals surface area contributed by atoms with Crippen LogP contribution in [0.3, 0.4) is 0 Å². The van der Waals surface area contributed by atoms with Crippen LogP contribution in [0.4, 0.5) is 10.2 Å². The number of anilines is 1. The number of nitrogens with one attached hydrogen (secondary N) is 2. The van der Waals surface area contributed by atoms with Crippen molar-refractivity contribution in [3.8, 4) is 0 Å². The van der Waals surface area contributed by atoms with E-state index in [9.17, 15) is 4.39 Å². The first-order valence-electron chi connectivity index (χ1n) is 11.1. The molecule has 1 aliphatic heterocycles. The SMILES string of the molecule is CCNC(=NCc1ccccc1CN(C)C(C)C)NC1CCN(c2ncccc2F)C1.I. The van der Waals surface area contributed by atoms with Crippen LogP contribution in [-0.2, 0) is 13.1 Å². The molecule has 6 nitrogen and oxygen atoms in total. The summed E-state index contributed by atoms with van der Waals surface area (Å²) < 4.78 is 14.1. The van der Waals surface area contributed by atoms with Crippen LogP contribution in [0.2, 0.25) is 0 Å². The molecule has 1 aliphatic rings. The van der Waals surface area contributed by atoms with Crippen molar-refractivity contribution in [2.75, 3.05) is 31.6 Å². The van der Waals surface area contributed by atoms with Gasteiger partial charge in [-0.1, -0.05) is 24.3 Å². The predicted octanol–water partition coefficient (Wildman–Crippen LogP) is 4.01. The Kier molecular flexibility index (Phi) is 10.6. The van der Waals surface area contributed by atoms with Gasteiger partial charge in [0.15, 0.2) is 17.6 Å². The summed E-state index contributed by atoms with van der Waals surface area (Å²) in [5.74, 6) is 0.950. The highest BCUT2D eigenvalue weighted by Gasteiger charge is 2.26. The number of pyridine rings is 1. The van der Waals surface area contributed by atoms with E-state index in [4.69, 9.17) is 4.99 Å². The summed E-state index contributed by atoms with van der Waals surface area (Å²) in [6.07, 6.45) is 2.55. The summed E-state index contributed by atoms with van der Waals surface area (Å²) in [5, 5.41) is 6.87. The minimum Gasteiger partial charge on any atom is -0.357 e. The lowest BCUT2D eigenvalue weighted by molar-refractivity contribution is 0.265. The van der Waals surface area contributed by atoms with Crippen LogP contribution >= 0.6 is 24.0 Å². The highest BCUT2D eigenvalue weighted by Crippen LogP contribution is 2.21. The lowest BCUT2D eigenvalue weighted by Crippen LogP contribution is -2.44. The van der Waals surface area contributed by atoms with Crippen LogP contribution in [0, 0.1) is 5.82 Å². The molecule has 1 aromatic carbocycles. The number of halogens is 2. The highest BCUT2D eigenvalue weighted by atomic mass is 127. The Morgan fingerprint density at radius 3 is 2.69 bits per heavy atom. The zero-order valence-corrected chi connectivity index (χ0v) is 21.8. The van der Waals surface area contributed by atoms with Gasteiger partial charge in [0.1, 0.15) is 0 Å². The third-order valence-corrected chi connectivity index (χ3v) is 5.74. The van der Waals surface area contributed by atoms with E-state index in [1.54, 1.807) is 12.3 Å².